The number of rotatable bonds is 7. The molecule has 0 aliphatic carbocycles. The monoisotopic (exact) mass is 310 g/mol. The van der Waals surface area contributed by atoms with E-state index in [1.54, 1.807) is 11.8 Å². The lowest BCUT2D eigenvalue weighted by Gasteiger charge is -2.24. The van der Waals surface area contributed by atoms with Crippen LogP contribution in [0.1, 0.15) is 34.1 Å². The zero-order chi connectivity index (χ0) is 15.9. The number of aliphatic hydroxyl groups excluding tert-OH is 1. The maximum absolute atomic E-state index is 12.0. The van der Waals surface area contributed by atoms with E-state index >= 15 is 0 Å². The van der Waals surface area contributed by atoms with Crippen LogP contribution in [-0.2, 0) is 0 Å². The number of amides is 2. The van der Waals surface area contributed by atoms with Gasteiger partial charge in [-0.25, -0.2) is 4.79 Å². The third kappa shape index (κ3) is 6.87. The highest BCUT2D eigenvalue weighted by Crippen LogP contribution is 2.30. The smallest absolute Gasteiger partial charge is 0.319 e. The van der Waals surface area contributed by atoms with Gasteiger partial charge in [0.1, 0.15) is 0 Å². The lowest BCUT2D eigenvalue weighted by molar-refractivity contribution is 0.204. The number of aliphatic hydroxyl groups is 1. The standard InChI is InChI=1S/C16H26N2O2S/c1-12(2)21-14-8-6-5-7-13(14)18-15(20)17-11-16(3,4)9-10-19/h5-8,12,19H,9-11H2,1-4H3,(H2,17,18,20). The number of benzene rings is 1. The zero-order valence-corrected chi connectivity index (χ0v) is 14.1. The lowest BCUT2D eigenvalue weighted by atomic mass is 9.90. The Bertz CT molecular complexity index is 461. The highest BCUT2D eigenvalue weighted by atomic mass is 32.2. The van der Waals surface area contributed by atoms with Gasteiger partial charge in [0.15, 0.2) is 0 Å². The van der Waals surface area contributed by atoms with E-state index in [0.29, 0.717) is 18.2 Å². The van der Waals surface area contributed by atoms with Gasteiger partial charge in [-0.1, -0.05) is 39.8 Å². The van der Waals surface area contributed by atoms with Crippen LogP contribution in [0.3, 0.4) is 0 Å². The molecule has 0 aliphatic rings. The van der Waals surface area contributed by atoms with Crippen LogP contribution in [0.2, 0.25) is 0 Å². The van der Waals surface area contributed by atoms with E-state index in [9.17, 15) is 4.79 Å². The Kier molecular flexibility index (Phi) is 7.05. The van der Waals surface area contributed by atoms with Crippen molar-refractivity contribution < 1.29 is 9.90 Å². The quantitative estimate of drug-likeness (QED) is 0.673. The van der Waals surface area contributed by atoms with Crippen molar-refractivity contribution in [2.24, 2.45) is 5.41 Å². The molecule has 0 bridgehead atoms. The van der Waals surface area contributed by atoms with E-state index in [-0.39, 0.29) is 18.1 Å². The summed E-state index contributed by atoms with van der Waals surface area (Å²) in [5, 5.41) is 15.2. The molecule has 0 heterocycles. The Morgan fingerprint density at radius 3 is 2.62 bits per heavy atom. The van der Waals surface area contributed by atoms with Crippen molar-refractivity contribution in [3.63, 3.8) is 0 Å². The molecule has 0 spiro atoms. The van der Waals surface area contributed by atoms with E-state index in [4.69, 9.17) is 5.11 Å². The Labute approximate surface area is 131 Å². The highest BCUT2D eigenvalue weighted by molar-refractivity contribution is 8.00. The normalized spacial score (nSPS) is 11.5. The molecule has 0 saturated carbocycles. The SMILES string of the molecule is CC(C)Sc1ccccc1NC(=O)NCC(C)(C)CCO. The van der Waals surface area contributed by atoms with Crippen LogP contribution in [0.4, 0.5) is 10.5 Å². The molecule has 1 aromatic rings. The number of urea groups is 1. The molecule has 3 N–H and O–H groups in total. The van der Waals surface area contributed by atoms with Gasteiger partial charge in [-0.3, -0.25) is 0 Å². The van der Waals surface area contributed by atoms with Crippen molar-refractivity contribution in [1.29, 1.82) is 0 Å². The van der Waals surface area contributed by atoms with E-state index in [0.717, 1.165) is 10.6 Å². The van der Waals surface area contributed by atoms with Crippen molar-refractivity contribution in [3.05, 3.63) is 24.3 Å². The van der Waals surface area contributed by atoms with Gasteiger partial charge < -0.3 is 15.7 Å². The van der Waals surface area contributed by atoms with Gasteiger partial charge in [0.2, 0.25) is 0 Å². The average Bonchev–Trinajstić information content (AvgIpc) is 2.38. The number of carbonyl (C=O) groups excluding carboxylic acids is 1. The van der Waals surface area contributed by atoms with E-state index in [1.807, 2.05) is 38.1 Å². The predicted octanol–water partition coefficient (Wildman–Crippen LogP) is 3.72. The van der Waals surface area contributed by atoms with Crippen LogP contribution in [0.15, 0.2) is 29.2 Å². The first-order valence-electron chi connectivity index (χ1n) is 7.25. The number of anilines is 1. The van der Waals surface area contributed by atoms with Gasteiger partial charge in [0.05, 0.1) is 5.69 Å². The summed E-state index contributed by atoms with van der Waals surface area (Å²) < 4.78 is 0. The van der Waals surface area contributed by atoms with Crippen LogP contribution < -0.4 is 10.6 Å². The minimum Gasteiger partial charge on any atom is -0.396 e. The molecule has 2 amide bonds. The van der Waals surface area contributed by atoms with Crippen LogP contribution in [0, 0.1) is 5.41 Å². The summed E-state index contributed by atoms with van der Waals surface area (Å²) in [5.41, 5.74) is 0.715. The molecule has 118 valence electrons. The molecule has 1 aromatic carbocycles. The fourth-order valence-electron chi connectivity index (χ4n) is 1.80. The fraction of sp³-hybridized carbons (Fsp3) is 0.562. The molecule has 0 aromatic heterocycles. The molecule has 5 heteroatoms. The van der Waals surface area contributed by atoms with Crippen LogP contribution >= 0.6 is 11.8 Å². The Morgan fingerprint density at radius 2 is 2.00 bits per heavy atom. The van der Waals surface area contributed by atoms with Gasteiger partial charge >= 0.3 is 6.03 Å². The first kappa shape index (κ1) is 17.9. The van der Waals surface area contributed by atoms with E-state index in [2.05, 4.69) is 24.5 Å². The second-order valence-electron chi connectivity index (χ2n) is 6.11. The van der Waals surface area contributed by atoms with Crippen molar-refractivity contribution in [1.82, 2.24) is 5.32 Å². The van der Waals surface area contributed by atoms with Crippen molar-refractivity contribution >= 4 is 23.5 Å². The van der Waals surface area contributed by atoms with E-state index < -0.39 is 0 Å². The van der Waals surface area contributed by atoms with Crippen LogP contribution in [0.5, 0.6) is 0 Å². The molecule has 21 heavy (non-hydrogen) atoms. The number of para-hydroxylation sites is 1. The number of carbonyl (C=O) groups is 1. The van der Waals surface area contributed by atoms with Crippen molar-refractivity contribution in [2.75, 3.05) is 18.5 Å². The first-order chi connectivity index (χ1) is 9.84. The second kappa shape index (κ2) is 8.29. The topological polar surface area (TPSA) is 61.4 Å². The Hall–Kier alpha value is -1.20. The summed E-state index contributed by atoms with van der Waals surface area (Å²) >= 11 is 1.72. The van der Waals surface area contributed by atoms with Gasteiger partial charge in [-0.2, -0.15) is 0 Å². The molecule has 0 atom stereocenters. The minimum absolute atomic E-state index is 0.113. The van der Waals surface area contributed by atoms with Crippen LogP contribution in [0.25, 0.3) is 0 Å². The molecule has 1 rings (SSSR count). The van der Waals surface area contributed by atoms with E-state index in [1.165, 1.54) is 0 Å². The summed E-state index contributed by atoms with van der Waals surface area (Å²) in [7, 11) is 0. The predicted molar refractivity (Wildman–Crippen MR) is 89.9 cm³/mol. The summed E-state index contributed by atoms with van der Waals surface area (Å²) in [6.07, 6.45) is 0.660. The number of hydrogen-bond acceptors (Lipinski definition) is 3. The van der Waals surface area contributed by atoms with Gasteiger partial charge in [-0.15, -0.1) is 11.8 Å². The third-order valence-corrected chi connectivity index (χ3v) is 4.10. The summed E-state index contributed by atoms with van der Waals surface area (Å²) in [6.45, 7) is 8.94. The Balaban J connectivity index is 2.59. The number of nitrogens with one attached hydrogen (secondary N) is 2. The van der Waals surface area contributed by atoms with Gasteiger partial charge in [0.25, 0.3) is 0 Å². The minimum atomic E-state index is -0.210. The number of hydrogen-bond donors (Lipinski definition) is 3. The van der Waals surface area contributed by atoms with Gasteiger partial charge in [0, 0.05) is 23.3 Å². The molecule has 4 nitrogen and oxygen atoms in total. The first-order valence-corrected chi connectivity index (χ1v) is 8.13. The highest BCUT2D eigenvalue weighted by Gasteiger charge is 2.18. The molecule has 0 aliphatic heterocycles. The fourth-order valence-corrected chi connectivity index (χ4v) is 2.71. The summed E-state index contributed by atoms with van der Waals surface area (Å²) in [4.78, 5) is 13.1. The summed E-state index contributed by atoms with van der Waals surface area (Å²) in [5.74, 6) is 0. The maximum Gasteiger partial charge on any atom is 0.319 e. The number of thioether (sulfide) groups is 1. The lowest BCUT2D eigenvalue weighted by Crippen LogP contribution is -2.37. The Morgan fingerprint density at radius 1 is 1.33 bits per heavy atom. The molecular weight excluding hydrogens is 284 g/mol. The van der Waals surface area contributed by atoms with Crippen molar-refractivity contribution in [3.8, 4) is 0 Å². The molecule has 0 saturated heterocycles. The second-order valence-corrected chi connectivity index (χ2v) is 7.73. The van der Waals surface area contributed by atoms with Crippen molar-refractivity contribution in [2.45, 2.75) is 44.3 Å². The summed E-state index contributed by atoms with van der Waals surface area (Å²) in [6, 6.07) is 7.59. The molecule has 0 unspecified atom stereocenters. The third-order valence-electron chi connectivity index (χ3n) is 3.01. The molecule has 0 fully saturated rings. The zero-order valence-electron chi connectivity index (χ0n) is 13.3. The molecule has 0 radical (unpaired) electrons. The average molecular weight is 310 g/mol. The largest absolute Gasteiger partial charge is 0.396 e. The van der Waals surface area contributed by atoms with Crippen LogP contribution in [-0.4, -0.2) is 29.5 Å². The molecular formula is C16H26N2O2S. The maximum atomic E-state index is 12.0. The van der Waals surface area contributed by atoms with Gasteiger partial charge in [-0.05, 0) is 24.0 Å².